The summed E-state index contributed by atoms with van der Waals surface area (Å²) in [6, 6.07) is 0. The predicted octanol–water partition coefficient (Wildman–Crippen LogP) is 1.80. The first-order chi connectivity index (χ1) is 4.61. The van der Waals surface area contributed by atoms with Gasteiger partial charge in [0.25, 0.3) is 0 Å². The van der Waals surface area contributed by atoms with Crippen molar-refractivity contribution < 1.29 is 5.11 Å². The molecule has 0 heterocycles. The first kappa shape index (κ1) is 6.66. The Bertz CT molecular complexity index is 151. The van der Waals surface area contributed by atoms with Gasteiger partial charge in [0.05, 0.1) is 6.10 Å². The van der Waals surface area contributed by atoms with Crippen LogP contribution in [-0.4, -0.2) is 11.2 Å². The zero-order chi connectivity index (χ0) is 7.35. The van der Waals surface area contributed by atoms with E-state index in [0.717, 1.165) is 5.92 Å². The van der Waals surface area contributed by atoms with Crippen LogP contribution in [0, 0.1) is 17.3 Å². The van der Waals surface area contributed by atoms with Crippen molar-refractivity contribution in [2.45, 2.75) is 39.2 Å². The molecular weight excluding hydrogens is 124 g/mol. The molecule has 0 saturated heterocycles. The molecule has 2 fully saturated rings. The zero-order valence-corrected chi connectivity index (χ0v) is 6.80. The maximum Gasteiger partial charge on any atom is 0.0622 e. The normalized spacial score (nSPS) is 50.1. The standard InChI is InChI=1S/C9H16O/c1-9(2)5-6-3-4-7(6)8(9)10/h6-8,10H,3-5H2,1-2H3. The van der Waals surface area contributed by atoms with Gasteiger partial charge in [0.15, 0.2) is 0 Å². The molecule has 0 radical (unpaired) electrons. The third-order valence-electron chi connectivity index (χ3n) is 3.47. The van der Waals surface area contributed by atoms with Crippen molar-refractivity contribution in [3.8, 4) is 0 Å². The molecule has 0 aliphatic heterocycles. The number of aliphatic hydroxyl groups excluding tert-OH is 1. The van der Waals surface area contributed by atoms with Crippen molar-refractivity contribution in [2.24, 2.45) is 17.3 Å². The van der Waals surface area contributed by atoms with Gasteiger partial charge in [-0.1, -0.05) is 13.8 Å². The van der Waals surface area contributed by atoms with E-state index in [1.807, 2.05) is 0 Å². The van der Waals surface area contributed by atoms with Gasteiger partial charge in [0.1, 0.15) is 0 Å². The molecule has 2 rings (SSSR count). The Morgan fingerprint density at radius 2 is 2.00 bits per heavy atom. The van der Waals surface area contributed by atoms with Gasteiger partial charge < -0.3 is 5.11 Å². The van der Waals surface area contributed by atoms with Crippen LogP contribution in [0.3, 0.4) is 0 Å². The van der Waals surface area contributed by atoms with Crippen molar-refractivity contribution in [1.29, 1.82) is 0 Å². The number of aliphatic hydroxyl groups is 1. The fourth-order valence-corrected chi connectivity index (χ4v) is 2.64. The molecule has 58 valence electrons. The Labute approximate surface area is 62.4 Å². The molecule has 0 aromatic heterocycles. The van der Waals surface area contributed by atoms with E-state index in [1.54, 1.807) is 0 Å². The summed E-state index contributed by atoms with van der Waals surface area (Å²) in [5.74, 6) is 1.53. The zero-order valence-electron chi connectivity index (χ0n) is 6.80. The van der Waals surface area contributed by atoms with Gasteiger partial charge in [0.2, 0.25) is 0 Å². The van der Waals surface area contributed by atoms with E-state index in [9.17, 15) is 5.11 Å². The van der Waals surface area contributed by atoms with E-state index < -0.39 is 0 Å². The van der Waals surface area contributed by atoms with Crippen LogP contribution in [0.2, 0.25) is 0 Å². The summed E-state index contributed by atoms with van der Waals surface area (Å²) in [4.78, 5) is 0. The van der Waals surface area contributed by atoms with Crippen LogP contribution >= 0.6 is 0 Å². The van der Waals surface area contributed by atoms with Crippen molar-refractivity contribution in [1.82, 2.24) is 0 Å². The van der Waals surface area contributed by atoms with Gasteiger partial charge in [0, 0.05) is 0 Å². The van der Waals surface area contributed by atoms with Crippen LogP contribution in [0.15, 0.2) is 0 Å². The average molecular weight is 140 g/mol. The molecule has 2 aliphatic carbocycles. The third kappa shape index (κ3) is 0.672. The van der Waals surface area contributed by atoms with Crippen LogP contribution < -0.4 is 0 Å². The fourth-order valence-electron chi connectivity index (χ4n) is 2.64. The third-order valence-corrected chi connectivity index (χ3v) is 3.47. The molecule has 1 nitrogen and oxygen atoms in total. The van der Waals surface area contributed by atoms with Gasteiger partial charge in [-0.25, -0.2) is 0 Å². The lowest BCUT2D eigenvalue weighted by Gasteiger charge is -2.32. The van der Waals surface area contributed by atoms with Gasteiger partial charge in [-0.15, -0.1) is 0 Å². The summed E-state index contributed by atoms with van der Waals surface area (Å²) in [6.07, 6.45) is 3.88. The quantitative estimate of drug-likeness (QED) is 0.544. The van der Waals surface area contributed by atoms with Gasteiger partial charge >= 0.3 is 0 Å². The van der Waals surface area contributed by atoms with Crippen molar-refractivity contribution in [3.05, 3.63) is 0 Å². The van der Waals surface area contributed by atoms with Crippen molar-refractivity contribution >= 4 is 0 Å². The van der Waals surface area contributed by atoms with Crippen LogP contribution in [0.4, 0.5) is 0 Å². The molecule has 0 bridgehead atoms. The van der Waals surface area contributed by atoms with Gasteiger partial charge in [-0.3, -0.25) is 0 Å². The molecule has 10 heavy (non-hydrogen) atoms. The fraction of sp³-hybridized carbons (Fsp3) is 1.00. The molecule has 2 aliphatic rings. The first-order valence-corrected chi connectivity index (χ1v) is 4.29. The smallest absolute Gasteiger partial charge is 0.0622 e. The van der Waals surface area contributed by atoms with Crippen molar-refractivity contribution in [3.63, 3.8) is 0 Å². The predicted molar refractivity (Wildman–Crippen MR) is 40.6 cm³/mol. The highest BCUT2D eigenvalue weighted by Crippen LogP contribution is 2.54. The Morgan fingerprint density at radius 3 is 2.20 bits per heavy atom. The Morgan fingerprint density at radius 1 is 1.30 bits per heavy atom. The SMILES string of the molecule is CC1(C)CC2CCC2C1O. The minimum atomic E-state index is -0.00810. The molecule has 1 heteroatoms. The average Bonchev–Trinajstić information content (AvgIpc) is 1.91. The molecule has 3 atom stereocenters. The second kappa shape index (κ2) is 1.76. The van der Waals surface area contributed by atoms with Crippen molar-refractivity contribution in [2.75, 3.05) is 0 Å². The van der Waals surface area contributed by atoms with Crippen LogP contribution in [0.5, 0.6) is 0 Å². The first-order valence-electron chi connectivity index (χ1n) is 4.29. The van der Waals surface area contributed by atoms with Crippen LogP contribution in [-0.2, 0) is 0 Å². The Kier molecular flexibility index (Phi) is 1.17. The highest BCUT2D eigenvalue weighted by atomic mass is 16.3. The van der Waals surface area contributed by atoms with Crippen LogP contribution in [0.25, 0.3) is 0 Å². The lowest BCUT2D eigenvalue weighted by atomic mass is 9.75. The topological polar surface area (TPSA) is 20.2 Å². The Hall–Kier alpha value is -0.0400. The lowest BCUT2D eigenvalue weighted by Crippen LogP contribution is -2.32. The molecule has 1 N–H and O–H groups in total. The summed E-state index contributed by atoms with van der Waals surface area (Å²) in [6.45, 7) is 4.38. The minimum Gasteiger partial charge on any atom is -0.392 e. The minimum absolute atomic E-state index is 0.00810. The van der Waals surface area contributed by atoms with Crippen LogP contribution in [0.1, 0.15) is 33.1 Å². The number of rotatable bonds is 0. The largest absolute Gasteiger partial charge is 0.392 e. The lowest BCUT2D eigenvalue weighted by molar-refractivity contribution is 0.0203. The van der Waals surface area contributed by atoms with E-state index in [0.29, 0.717) is 5.92 Å². The number of hydrogen-bond acceptors (Lipinski definition) is 1. The molecular formula is C9H16O. The Balaban J connectivity index is 2.16. The van der Waals surface area contributed by atoms with E-state index in [1.165, 1.54) is 19.3 Å². The monoisotopic (exact) mass is 140 g/mol. The summed E-state index contributed by atoms with van der Waals surface area (Å²) in [7, 11) is 0. The maximum atomic E-state index is 9.75. The molecule has 2 saturated carbocycles. The second-order valence-corrected chi connectivity index (χ2v) is 4.64. The molecule has 0 aromatic rings. The van der Waals surface area contributed by atoms with Gasteiger partial charge in [-0.2, -0.15) is 0 Å². The summed E-state index contributed by atoms with van der Waals surface area (Å²) < 4.78 is 0. The highest BCUT2D eigenvalue weighted by molar-refractivity contribution is 5.01. The summed E-state index contributed by atoms with van der Waals surface area (Å²) in [5, 5.41) is 9.75. The van der Waals surface area contributed by atoms with E-state index in [-0.39, 0.29) is 11.5 Å². The van der Waals surface area contributed by atoms with E-state index in [2.05, 4.69) is 13.8 Å². The van der Waals surface area contributed by atoms with E-state index in [4.69, 9.17) is 0 Å². The summed E-state index contributed by atoms with van der Waals surface area (Å²) >= 11 is 0. The maximum absolute atomic E-state index is 9.75. The number of hydrogen-bond donors (Lipinski definition) is 1. The second-order valence-electron chi connectivity index (χ2n) is 4.64. The van der Waals surface area contributed by atoms with Gasteiger partial charge in [-0.05, 0) is 36.5 Å². The molecule has 0 amide bonds. The summed E-state index contributed by atoms with van der Waals surface area (Å²) in [5.41, 5.74) is 0.214. The molecule has 0 aromatic carbocycles. The highest BCUT2D eigenvalue weighted by Gasteiger charge is 2.51. The van der Waals surface area contributed by atoms with E-state index >= 15 is 0 Å². The molecule has 0 spiro atoms. The number of fused-ring (bicyclic) bond motifs is 1. The molecule has 3 unspecified atom stereocenters.